The number of nitrogens with zero attached hydrogens (tertiary/aromatic N) is 1. The van der Waals surface area contributed by atoms with Gasteiger partial charge in [0.1, 0.15) is 5.78 Å². The quantitative estimate of drug-likeness (QED) is 0.412. The number of carbonyl (C=O) groups is 1. The first kappa shape index (κ1) is 11.6. The molecule has 2 aliphatic rings. The largest absolute Gasteiger partial charge is 0.300 e. The highest BCUT2D eigenvalue weighted by molar-refractivity contribution is 5.79. The van der Waals surface area contributed by atoms with E-state index >= 15 is 0 Å². The molecule has 0 saturated heterocycles. The predicted octanol–water partition coefficient (Wildman–Crippen LogP) is 2.73. The van der Waals surface area contributed by atoms with E-state index < -0.39 is 5.54 Å². The van der Waals surface area contributed by atoms with Crippen LogP contribution in [0.25, 0.3) is 0 Å². The minimum absolute atomic E-state index is 0.000000000000000666. The van der Waals surface area contributed by atoms with Gasteiger partial charge in [-0.1, -0.05) is 6.42 Å². The zero-order valence-corrected chi connectivity index (χ0v) is 9.61. The molecule has 0 aliphatic heterocycles. The van der Waals surface area contributed by atoms with Gasteiger partial charge in [-0.15, -0.1) is 0 Å². The van der Waals surface area contributed by atoms with Crippen molar-refractivity contribution in [1.29, 1.82) is 0 Å². The summed E-state index contributed by atoms with van der Waals surface area (Å²) < 4.78 is 0. The molecular weight excluding hydrogens is 206 g/mol. The fourth-order valence-corrected chi connectivity index (χ4v) is 3.38. The van der Waals surface area contributed by atoms with Gasteiger partial charge in [0.15, 0.2) is 0 Å². The first-order valence-electron chi connectivity index (χ1n) is 6.31. The number of hydrogen-bond donors (Lipinski definition) is 0. The summed E-state index contributed by atoms with van der Waals surface area (Å²) in [6.45, 7) is 0. The van der Waals surface area contributed by atoms with Crippen LogP contribution in [-0.4, -0.2) is 16.2 Å². The van der Waals surface area contributed by atoms with Gasteiger partial charge >= 0.3 is 0 Å². The summed E-state index contributed by atoms with van der Waals surface area (Å²) in [6.07, 6.45) is 7.10. The molecule has 0 aromatic heterocycles. The molecule has 16 heavy (non-hydrogen) atoms. The van der Waals surface area contributed by atoms with Crippen LogP contribution < -0.4 is 0 Å². The van der Waals surface area contributed by atoms with Gasteiger partial charge in [-0.05, 0) is 25.7 Å². The SMILES string of the molecule is O=C1CCCC[C@@H](C2([N+](=O)[O-])CCCC2)C1. The van der Waals surface area contributed by atoms with Crippen molar-refractivity contribution in [3.8, 4) is 0 Å². The molecule has 0 aromatic carbocycles. The van der Waals surface area contributed by atoms with Crippen LogP contribution in [0.2, 0.25) is 0 Å². The van der Waals surface area contributed by atoms with Gasteiger partial charge in [0, 0.05) is 36.5 Å². The molecule has 0 spiro atoms. The second-order valence-electron chi connectivity index (χ2n) is 5.25. The van der Waals surface area contributed by atoms with E-state index in [1.54, 1.807) is 0 Å². The monoisotopic (exact) mass is 225 g/mol. The molecule has 90 valence electrons. The summed E-state index contributed by atoms with van der Waals surface area (Å²) in [5.74, 6) is 0.232. The topological polar surface area (TPSA) is 60.2 Å². The highest BCUT2D eigenvalue weighted by Gasteiger charge is 2.52. The van der Waals surface area contributed by atoms with Crippen LogP contribution in [0.1, 0.15) is 57.8 Å². The van der Waals surface area contributed by atoms with Gasteiger partial charge in [-0.25, -0.2) is 0 Å². The molecule has 4 heteroatoms. The second kappa shape index (κ2) is 4.52. The van der Waals surface area contributed by atoms with E-state index in [0.717, 1.165) is 32.1 Å². The standard InChI is InChI=1S/C12H19NO3/c14-11-6-2-1-5-10(9-11)12(13(15)16)7-3-4-8-12/h10H,1-9H2/t10-/m1/s1. The van der Waals surface area contributed by atoms with E-state index in [-0.39, 0.29) is 16.6 Å². The minimum Gasteiger partial charge on any atom is -0.300 e. The third-order valence-corrected chi connectivity index (χ3v) is 4.33. The van der Waals surface area contributed by atoms with Crippen molar-refractivity contribution in [1.82, 2.24) is 0 Å². The lowest BCUT2D eigenvalue weighted by Gasteiger charge is -2.28. The first-order valence-corrected chi connectivity index (χ1v) is 6.31. The van der Waals surface area contributed by atoms with Crippen LogP contribution in [0.3, 0.4) is 0 Å². The second-order valence-corrected chi connectivity index (χ2v) is 5.25. The van der Waals surface area contributed by atoms with Crippen LogP contribution in [0, 0.1) is 16.0 Å². The predicted molar refractivity (Wildman–Crippen MR) is 59.8 cm³/mol. The first-order chi connectivity index (χ1) is 7.65. The van der Waals surface area contributed by atoms with Crippen LogP contribution in [0.5, 0.6) is 0 Å². The van der Waals surface area contributed by atoms with Gasteiger partial charge in [0.05, 0.1) is 0 Å². The maximum Gasteiger partial charge on any atom is 0.225 e. The molecule has 2 aliphatic carbocycles. The van der Waals surface area contributed by atoms with E-state index in [2.05, 4.69) is 0 Å². The summed E-state index contributed by atoms with van der Waals surface area (Å²) in [4.78, 5) is 22.8. The molecular formula is C12H19NO3. The Balaban J connectivity index is 2.18. The highest BCUT2D eigenvalue weighted by Crippen LogP contribution is 2.43. The van der Waals surface area contributed by atoms with Gasteiger partial charge in [-0.2, -0.15) is 0 Å². The van der Waals surface area contributed by atoms with Gasteiger partial charge in [-0.3, -0.25) is 14.9 Å². The lowest BCUT2D eigenvalue weighted by molar-refractivity contribution is -0.579. The summed E-state index contributed by atoms with van der Waals surface area (Å²) in [5, 5.41) is 11.3. The third-order valence-electron chi connectivity index (χ3n) is 4.33. The van der Waals surface area contributed by atoms with Crippen molar-refractivity contribution >= 4 is 5.78 Å². The number of ketones is 1. The average molecular weight is 225 g/mol. The Morgan fingerprint density at radius 2 is 1.88 bits per heavy atom. The number of carbonyl (C=O) groups excluding carboxylic acids is 1. The van der Waals surface area contributed by atoms with E-state index in [1.165, 1.54) is 0 Å². The molecule has 0 amide bonds. The molecule has 0 heterocycles. The molecule has 0 aromatic rings. The molecule has 2 saturated carbocycles. The molecule has 0 N–H and O–H groups in total. The maximum absolute atomic E-state index is 11.6. The Hall–Kier alpha value is -0.930. The van der Waals surface area contributed by atoms with Gasteiger partial charge < -0.3 is 0 Å². The number of hydrogen-bond acceptors (Lipinski definition) is 3. The van der Waals surface area contributed by atoms with Crippen LogP contribution in [0.15, 0.2) is 0 Å². The molecule has 0 radical (unpaired) electrons. The number of Topliss-reactive ketones (excluding diaryl/α,β-unsaturated/α-hetero) is 1. The Labute approximate surface area is 95.6 Å². The van der Waals surface area contributed by atoms with Crippen molar-refractivity contribution < 1.29 is 9.72 Å². The summed E-state index contributed by atoms with van der Waals surface area (Å²) in [5.41, 5.74) is -0.764. The van der Waals surface area contributed by atoms with Crippen molar-refractivity contribution in [2.75, 3.05) is 0 Å². The van der Waals surface area contributed by atoms with Crippen molar-refractivity contribution in [3.63, 3.8) is 0 Å². The molecule has 0 unspecified atom stereocenters. The number of rotatable bonds is 2. The molecule has 4 nitrogen and oxygen atoms in total. The van der Waals surface area contributed by atoms with Crippen molar-refractivity contribution in [3.05, 3.63) is 10.1 Å². The average Bonchev–Trinajstić information content (AvgIpc) is 2.64. The van der Waals surface area contributed by atoms with E-state index in [0.29, 0.717) is 25.7 Å². The lowest BCUT2D eigenvalue weighted by Crippen LogP contribution is -2.43. The molecule has 0 bridgehead atoms. The minimum atomic E-state index is -0.764. The highest BCUT2D eigenvalue weighted by atomic mass is 16.6. The molecule has 2 fully saturated rings. The molecule has 2 rings (SSSR count). The Morgan fingerprint density at radius 3 is 2.50 bits per heavy atom. The number of nitro groups is 1. The fourth-order valence-electron chi connectivity index (χ4n) is 3.38. The Kier molecular flexibility index (Phi) is 3.26. The smallest absolute Gasteiger partial charge is 0.225 e. The lowest BCUT2D eigenvalue weighted by atomic mass is 9.78. The normalized spacial score (nSPS) is 30.0. The summed E-state index contributed by atoms with van der Waals surface area (Å²) in [6, 6.07) is 0. The zero-order valence-electron chi connectivity index (χ0n) is 9.61. The van der Waals surface area contributed by atoms with E-state index in [9.17, 15) is 14.9 Å². The molecule has 1 atom stereocenters. The summed E-state index contributed by atoms with van der Waals surface area (Å²) >= 11 is 0. The maximum atomic E-state index is 11.6. The third kappa shape index (κ3) is 1.97. The fraction of sp³-hybridized carbons (Fsp3) is 0.917. The Morgan fingerprint density at radius 1 is 1.19 bits per heavy atom. The van der Waals surface area contributed by atoms with E-state index in [1.807, 2.05) is 0 Å². The van der Waals surface area contributed by atoms with Gasteiger partial charge in [0.2, 0.25) is 5.54 Å². The summed E-state index contributed by atoms with van der Waals surface area (Å²) in [7, 11) is 0. The van der Waals surface area contributed by atoms with Crippen molar-refractivity contribution in [2.45, 2.75) is 63.3 Å². The van der Waals surface area contributed by atoms with E-state index in [4.69, 9.17) is 0 Å². The van der Waals surface area contributed by atoms with Crippen molar-refractivity contribution in [2.24, 2.45) is 5.92 Å². The van der Waals surface area contributed by atoms with Crippen LogP contribution in [0.4, 0.5) is 0 Å². The van der Waals surface area contributed by atoms with Crippen LogP contribution in [-0.2, 0) is 4.79 Å². The zero-order chi connectivity index (χ0) is 11.6. The van der Waals surface area contributed by atoms with Gasteiger partial charge in [0.25, 0.3) is 0 Å². The Bertz CT molecular complexity index is 295. The van der Waals surface area contributed by atoms with Crippen LogP contribution >= 0.6 is 0 Å².